The quantitative estimate of drug-likeness (QED) is 0.446. The molecule has 0 radical (unpaired) electrons. The minimum Gasteiger partial charge on any atom is -0.508 e. The predicted octanol–water partition coefficient (Wildman–Crippen LogP) is 3.95. The second kappa shape index (κ2) is 6.24. The summed E-state index contributed by atoms with van der Waals surface area (Å²) < 4.78 is 4.57. The first-order valence-electron chi connectivity index (χ1n) is 8.62. The fourth-order valence-electron chi connectivity index (χ4n) is 3.15. The standard InChI is InChI=1S/C21H14N4O3/c26-16-7-4-12(5-8-16)13-2-1-3-14(10-13)19-22-17-9-6-15(11-18(17)23-19)20-24-21(27)28-25-20/h1-11,26H,(H,22,23)(H,24,25,27). The average Bonchev–Trinajstić information content (AvgIpc) is 3.34. The fraction of sp³-hybridized carbons (Fsp3) is 0. The third kappa shape index (κ3) is 2.84. The zero-order valence-corrected chi connectivity index (χ0v) is 14.5. The third-order valence-corrected chi connectivity index (χ3v) is 4.53. The molecule has 0 aliphatic heterocycles. The third-order valence-electron chi connectivity index (χ3n) is 4.53. The Morgan fingerprint density at radius 1 is 0.786 bits per heavy atom. The van der Waals surface area contributed by atoms with Gasteiger partial charge in [-0.2, -0.15) is 0 Å². The molecular formula is C21H14N4O3. The van der Waals surface area contributed by atoms with Crippen LogP contribution in [0, 0.1) is 0 Å². The molecule has 136 valence electrons. The zero-order valence-electron chi connectivity index (χ0n) is 14.5. The van der Waals surface area contributed by atoms with Gasteiger partial charge in [0.25, 0.3) is 0 Å². The summed E-state index contributed by atoms with van der Waals surface area (Å²) in [7, 11) is 0. The molecule has 0 saturated heterocycles. The molecule has 0 bridgehead atoms. The molecule has 2 aromatic heterocycles. The maximum absolute atomic E-state index is 11.2. The Kier molecular flexibility index (Phi) is 3.58. The van der Waals surface area contributed by atoms with Crippen LogP contribution in [0.15, 0.2) is 76.0 Å². The van der Waals surface area contributed by atoms with Crippen molar-refractivity contribution >= 4 is 11.0 Å². The first-order valence-corrected chi connectivity index (χ1v) is 8.62. The van der Waals surface area contributed by atoms with Crippen LogP contribution in [-0.2, 0) is 0 Å². The highest BCUT2D eigenvalue weighted by Crippen LogP contribution is 2.28. The number of hydrogen-bond donors (Lipinski definition) is 3. The summed E-state index contributed by atoms with van der Waals surface area (Å²) in [6, 6.07) is 20.6. The van der Waals surface area contributed by atoms with Crippen molar-refractivity contribution in [1.82, 2.24) is 20.1 Å². The van der Waals surface area contributed by atoms with E-state index in [4.69, 9.17) is 0 Å². The van der Waals surface area contributed by atoms with Crippen molar-refractivity contribution < 1.29 is 9.63 Å². The van der Waals surface area contributed by atoms with Crippen LogP contribution < -0.4 is 5.76 Å². The molecule has 0 aliphatic carbocycles. The van der Waals surface area contributed by atoms with E-state index in [1.54, 1.807) is 12.1 Å². The first-order chi connectivity index (χ1) is 13.7. The molecule has 7 nitrogen and oxygen atoms in total. The second-order valence-corrected chi connectivity index (χ2v) is 6.39. The van der Waals surface area contributed by atoms with E-state index in [9.17, 15) is 9.90 Å². The van der Waals surface area contributed by atoms with E-state index < -0.39 is 5.76 Å². The smallest absolute Gasteiger partial charge is 0.439 e. The number of phenols is 1. The highest BCUT2D eigenvalue weighted by molar-refractivity contribution is 5.84. The van der Waals surface area contributed by atoms with Gasteiger partial charge in [-0.3, -0.25) is 9.51 Å². The lowest BCUT2D eigenvalue weighted by atomic mass is 10.0. The van der Waals surface area contributed by atoms with Crippen LogP contribution in [0.25, 0.3) is 44.9 Å². The number of nitrogens with zero attached hydrogens (tertiary/aromatic N) is 2. The summed E-state index contributed by atoms with van der Waals surface area (Å²) in [5.41, 5.74) is 5.34. The van der Waals surface area contributed by atoms with E-state index in [2.05, 4.69) is 24.6 Å². The number of aromatic amines is 2. The predicted molar refractivity (Wildman–Crippen MR) is 105 cm³/mol. The van der Waals surface area contributed by atoms with Gasteiger partial charge in [0.05, 0.1) is 11.0 Å². The van der Waals surface area contributed by atoms with Crippen LogP contribution in [0.3, 0.4) is 0 Å². The van der Waals surface area contributed by atoms with Crippen molar-refractivity contribution in [2.24, 2.45) is 0 Å². The summed E-state index contributed by atoms with van der Waals surface area (Å²) in [4.78, 5) is 21.7. The molecule has 7 heteroatoms. The second-order valence-electron chi connectivity index (χ2n) is 6.39. The summed E-state index contributed by atoms with van der Waals surface area (Å²) >= 11 is 0. The minimum atomic E-state index is -0.591. The molecule has 28 heavy (non-hydrogen) atoms. The number of fused-ring (bicyclic) bond motifs is 1. The van der Waals surface area contributed by atoms with Crippen molar-refractivity contribution in [3.8, 4) is 39.7 Å². The maximum atomic E-state index is 11.2. The van der Waals surface area contributed by atoms with Crippen LogP contribution in [-0.4, -0.2) is 25.2 Å². The lowest BCUT2D eigenvalue weighted by molar-refractivity contribution is 0.388. The van der Waals surface area contributed by atoms with Crippen molar-refractivity contribution in [3.63, 3.8) is 0 Å². The van der Waals surface area contributed by atoms with Gasteiger partial charge >= 0.3 is 5.76 Å². The van der Waals surface area contributed by atoms with Crippen LogP contribution in [0.1, 0.15) is 0 Å². The van der Waals surface area contributed by atoms with Gasteiger partial charge in [-0.1, -0.05) is 35.5 Å². The molecule has 5 rings (SSSR count). The van der Waals surface area contributed by atoms with Crippen molar-refractivity contribution in [2.45, 2.75) is 0 Å². The van der Waals surface area contributed by atoms with Crippen LogP contribution >= 0.6 is 0 Å². The van der Waals surface area contributed by atoms with Crippen molar-refractivity contribution in [1.29, 1.82) is 0 Å². The van der Waals surface area contributed by atoms with E-state index in [0.717, 1.165) is 39.1 Å². The molecule has 3 aromatic carbocycles. The van der Waals surface area contributed by atoms with E-state index in [1.165, 1.54) is 0 Å². The van der Waals surface area contributed by atoms with Gasteiger partial charge in [0.1, 0.15) is 11.6 Å². The number of aromatic nitrogens is 4. The minimum absolute atomic E-state index is 0.237. The van der Waals surface area contributed by atoms with Crippen molar-refractivity contribution in [3.05, 3.63) is 77.3 Å². The van der Waals surface area contributed by atoms with Crippen LogP contribution in [0.4, 0.5) is 0 Å². The molecule has 0 atom stereocenters. The zero-order chi connectivity index (χ0) is 19.1. The maximum Gasteiger partial charge on any atom is 0.439 e. The molecule has 0 unspecified atom stereocenters. The lowest BCUT2D eigenvalue weighted by Gasteiger charge is -2.04. The number of benzene rings is 3. The number of H-pyrrole nitrogens is 2. The number of hydrogen-bond acceptors (Lipinski definition) is 5. The Morgan fingerprint density at radius 2 is 1.54 bits per heavy atom. The molecule has 5 aromatic rings. The topological polar surface area (TPSA) is 108 Å². The largest absolute Gasteiger partial charge is 0.508 e. The van der Waals surface area contributed by atoms with E-state index in [-0.39, 0.29) is 5.75 Å². The molecule has 0 spiro atoms. The monoisotopic (exact) mass is 370 g/mol. The summed E-state index contributed by atoms with van der Waals surface area (Å²) in [5.74, 6) is 0.756. The number of imidazole rings is 1. The molecule has 0 aliphatic rings. The Labute approximate surface area is 158 Å². The van der Waals surface area contributed by atoms with Gasteiger partial charge in [-0.25, -0.2) is 9.78 Å². The fourth-order valence-corrected chi connectivity index (χ4v) is 3.15. The molecule has 3 N–H and O–H groups in total. The summed E-state index contributed by atoms with van der Waals surface area (Å²) in [5, 5.41) is 13.2. The molecule has 0 saturated carbocycles. The summed E-state index contributed by atoms with van der Waals surface area (Å²) in [6.45, 7) is 0. The Bertz CT molecular complexity index is 1350. The Hall–Kier alpha value is -4.13. The summed E-state index contributed by atoms with van der Waals surface area (Å²) in [6.07, 6.45) is 0. The van der Waals surface area contributed by atoms with Crippen LogP contribution in [0.5, 0.6) is 5.75 Å². The van der Waals surface area contributed by atoms with Gasteiger partial charge in [-0.05, 0) is 47.5 Å². The van der Waals surface area contributed by atoms with Gasteiger partial charge in [-0.15, -0.1) is 0 Å². The molecule has 0 fully saturated rings. The van der Waals surface area contributed by atoms with Gasteiger partial charge in [0, 0.05) is 11.1 Å². The Balaban J connectivity index is 1.55. The van der Waals surface area contributed by atoms with Gasteiger partial charge < -0.3 is 10.1 Å². The number of aromatic hydroxyl groups is 1. The van der Waals surface area contributed by atoms with E-state index >= 15 is 0 Å². The highest BCUT2D eigenvalue weighted by atomic mass is 16.5. The van der Waals surface area contributed by atoms with E-state index in [1.807, 2.05) is 54.6 Å². The van der Waals surface area contributed by atoms with Crippen molar-refractivity contribution in [2.75, 3.05) is 0 Å². The van der Waals surface area contributed by atoms with Gasteiger partial charge in [0.2, 0.25) is 0 Å². The Morgan fingerprint density at radius 3 is 2.32 bits per heavy atom. The average molecular weight is 370 g/mol. The highest BCUT2D eigenvalue weighted by Gasteiger charge is 2.10. The van der Waals surface area contributed by atoms with E-state index in [0.29, 0.717) is 5.82 Å². The molecule has 2 heterocycles. The number of phenolic OH excluding ortho intramolecular Hbond substituents is 1. The lowest BCUT2D eigenvalue weighted by Crippen LogP contribution is -1.94. The van der Waals surface area contributed by atoms with Gasteiger partial charge in [0.15, 0.2) is 5.82 Å². The molecule has 0 amide bonds. The SMILES string of the molecule is O=c1[nH]c(-c2ccc3nc(-c4cccc(-c5ccc(O)cc5)c4)[nH]c3c2)no1. The number of nitrogens with one attached hydrogen (secondary N) is 2. The first kappa shape index (κ1) is 16.1. The molecular weight excluding hydrogens is 356 g/mol. The normalized spacial score (nSPS) is 11.1. The number of rotatable bonds is 3. The van der Waals surface area contributed by atoms with Crippen LogP contribution in [0.2, 0.25) is 0 Å².